The highest BCUT2D eigenvalue weighted by molar-refractivity contribution is 5.87. The molecule has 1 atom stereocenters. The van der Waals surface area contributed by atoms with E-state index in [1.807, 2.05) is 14.1 Å². The van der Waals surface area contributed by atoms with Crippen LogP contribution in [0.15, 0.2) is 10.7 Å². The maximum atomic E-state index is 11.5. The minimum atomic E-state index is -0.461. The number of ether oxygens (including phenoxy) is 1. The van der Waals surface area contributed by atoms with E-state index in [1.54, 1.807) is 6.92 Å². The highest BCUT2D eigenvalue weighted by Gasteiger charge is 2.17. The van der Waals surface area contributed by atoms with E-state index < -0.39 is 5.97 Å². The van der Waals surface area contributed by atoms with Crippen LogP contribution in [0, 0.1) is 5.92 Å². The summed E-state index contributed by atoms with van der Waals surface area (Å²) in [6, 6.07) is 0.583. The molecule has 0 aliphatic rings. The Bertz CT molecular complexity index is 406. The van der Waals surface area contributed by atoms with Crippen molar-refractivity contribution in [2.45, 2.75) is 33.2 Å². The maximum absolute atomic E-state index is 11.5. The number of nitrogens with one attached hydrogen (secondary N) is 1. The van der Waals surface area contributed by atoms with E-state index in [2.05, 4.69) is 29.0 Å². The molecule has 1 unspecified atom stereocenters. The lowest BCUT2D eigenvalue weighted by Crippen LogP contribution is -2.33. The van der Waals surface area contributed by atoms with E-state index >= 15 is 0 Å². The molecule has 0 aromatic carbocycles. The lowest BCUT2D eigenvalue weighted by molar-refractivity contribution is 0.0519. The van der Waals surface area contributed by atoms with Gasteiger partial charge in [0.2, 0.25) is 0 Å². The Kier molecular flexibility index (Phi) is 6.51. The van der Waals surface area contributed by atoms with E-state index in [1.165, 1.54) is 6.26 Å². The number of rotatable bonds is 8. The molecule has 0 radical (unpaired) electrons. The van der Waals surface area contributed by atoms with E-state index in [0.29, 0.717) is 18.5 Å². The van der Waals surface area contributed by atoms with Crippen LogP contribution in [0.1, 0.15) is 37.7 Å². The summed E-state index contributed by atoms with van der Waals surface area (Å²) < 4.78 is 10.2. The molecule has 0 aliphatic heterocycles. The molecule has 6 nitrogen and oxygen atoms in total. The quantitative estimate of drug-likeness (QED) is 0.738. The van der Waals surface area contributed by atoms with Crippen LogP contribution in [0.25, 0.3) is 0 Å². The zero-order valence-electron chi connectivity index (χ0n) is 13.0. The average Bonchev–Trinajstić information content (AvgIpc) is 2.76. The second kappa shape index (κ2) is 7.89. The summed E-state index contributed by atoms with van der Waals surface area (Å²) in [5.41, 5.74) is 0.197. The first-order valence-electron chi connectivity index (χ1n) is 6.96. The van der Waals surface area contributed by atoms with Crippen LogP contribution in [0.4, 0.5) is 6.01 Å². The number of nitrogens with zero attached hydrogens (tertiary/aromatic N) is 2. The number of likely N-dealkylation sites (N-methyl/N-ethyl adjacent to an activating group) is 1. The summed E-state index contributed by atoms with van der Waals surface area (Å²) in [5.74, 6) is 0.101. The Morgan fingerprint density at radius 2 is 2.20 bits per heavy atom. The minimum Gasteiger partial charge on any atom is -0.461 e. The van der Waals surface area contributed by atoms with Crippen LogP contribution in [0.5, 0.6) is 0 Å². The van der Waals surface area contributed by atoms with Crippen LogP contribution in [0.2, 0.25) is 0 Å². The molecule has 0 spiro atoms. The van der Waals surface area contributed by atoms with Gasteiger partial charge in [0.1, 0.15) is 6.26 Å². The monoisotopic (exact) mass is 283 g/mol. The SMILES string of the molecule is CCOC(=O)c1coc(NC(CC(C)C)CN(C)C)n1. The first-order chi connectivity index (χ1) is 9.42. The van der Waals surface area contributed by atoms with Gasteiger partial charge >= 0.3 is 5.97 Å². The van der Waals surface area contributed by atoms with Gasteiger partial charge in [-0.2, -0.15) is 4.98 Å². The third-order valence-electron chi connectivity index (χ3n) is 2.66. The number of aromatic nitrogens is 1. The molecule has 1 heterocycles. The number of carbonyl (C=O) groups excluding carboxylic acids is 1. The second-order valence-electron chi connectivity index (χ2n) is 5.49. The molecule has 114 valence electrons. The van der Waals surface area contributed by atoms with Gasteiger partial charge in [-0.3, -0.25) is 0 Å². The van der Waals surface area contributed by atoms with Crippen molar-refractivity contribution in [3.63, 3.8) is 0 Å². The molecule has 0 amide bonds. The van der Waals surface area contributed by atoms with Gasteiger partial charge in [-0.15, -0.1) is 0 Å². The molecule has 0 bridgehead atoms. The number of carbonyl (C=O) groups is 1. The zero-order chi connectivity index (χ0) is 15.1. The summed E-state index contributed by atoms with van der Waals surface area (Å²) in [6.45, 7) is 7.29. The standard InChI is InChI=1S/C14H25N3O3/c1-6-19-13(18)12-9-20-14(16-12)15-11(7-10(2)3)8-17(4)5/h9-11H,6-8H2,1-5H3,(H,15,16). The molecule has 20 heavy (non-hydrogen) atoms. The molecule has 1 N–H and O–H groups in total. The largest absolute Gasteiger partial charge is 0.461 e. The van der Waals surface area contributed by atoms with Crippen molar-refractivity contribution in [3.8, 4) is 0 Å². The Hall–Kier alpha value is -1.56. The van der Waals surface area contributed by atoms with Crippen LogP contribution in [-0.2, 0) is 4.74 Å². The van der Waals surface area contributed by atoms with Crippen LogP contribution >= 0.6 is 0 Å². The Labute approximate surface area is 120 Å². The van der Waals surface area contributed by atoms with Gasteiger partial charge in [0, 0.05) is 12.6 Å². The normalized spacial score (nSPS) is 12.8. The molecule has 1 aromatic heterocycles. The Morgan fingerprint density at radius 3 is 2.75 bits per heavy atom. The molecule has 0 saturated carbocycles. The number of oxazole rings is 1. The summed E-state index contributed by atoms with van der Waals surface area (Å²) in [4.78, 5) is 17.7. The molecule has 1 aromatic rings. The number of esters is 1. The lowest BCUT2D eigenvalue weighted by atomic mass is 10.0. The van der Waals surface area contributed by atoms with Gasteiger partial charge in [-0.05, 0) is 33.4 Å². The molecule has 1 rings (SSSR count). The van der Waals surface area contributed by atoms with Gasteiger partial charge in [0.05, 0.1) is 6.61 Å². The topological polar surface area (TPSA) is 67.6 Å². The fraction of sp³-hybridized carbons (Fsp3) is 0.714. The molecule has 6 heteroatoms. The Morgan fingerprint density at radius 1 is 1.50 bits per heavy atom. The molecule has 0 saturated heterocycles. The fourth-order valence-corrected chi connectivity index (χ4v) is 2.00. The number of hydrogen-bond acceptors (Lipinski definition) is 6. The summed E-state index contributed by atoms with van der Waals surface area (Å²) in [5, 5.41) is 3.23. The van der Waals surface area contributed by atoms with Crippen LogP contribution < -0.4 is 5.32 Å². The molecular weight excluding hydrogens is 258 g/mol. The second-order valence-corrected chi connectivity index (χ2v) is 5.49. The van der Waals surface area contributed by atoms with E-state index in [4.69, 9.17) is 9.15 Å². The smallest absolute Gasteiger partial charge is 0.360 e. The molecular formula is C14H25N3O3. The van der Waals surface area contributed by atoms with Gasteiger partial charge in [-0.25, -0.2) is 4.79 Å². The van der Waals surface area contributed by atoms with Crippen molar-refractivity contribution in [1.29, 1.82) is 0 Å². The predicted molar refractivity (Wildman–Crippen MR) is 77.9 cm³/mol. The molecule has 0 fully saturated rings. The highest BCUT2D eigenvalue weighted by Crippen LogP contribution is 2.14. The van der Waals surface area contributed by atoms with Crippen molar-refractivity contribution >= 4 is 12.0 Å². The number of anilines is 1. The highest BCUT2D eigenvalue weighted by atomic mass is 16.5. The Balaban J connectivity index is 2.66. The first-order valence-corrected chi connectivity index (χ1v) is 6.96. The predicted octanol–water partition coefficient (Wildman–Crippen LogP) is 2.24. The van der Waals surface area contributed by atoms with E-state index in [0.717, 1.165) is 13.0 Å². The minimum absolute atomic E-state index is 0.197. The van der Waals surface area contributed by atoms with E-state index in [-0.39, 0.29) is 11.7 Å². The first kappa shape index (κ1) is 16.5. The van der Waals surface area contributed by atoms with E-state index in [9.17, 15) is 4.79 Å². The summed E-state index contributed by atoms with van der Waals surface area (Å²) in [6.07, 6.45) is 2.32. The average molecular weight is 283 g/mol. The summed E-state index contributed by atoms with van der Waals surface area (Å²) in [7, 11) is 4.04. The summed E-state index contributed by atoms with van der Waals surface area (Å²) >= 11 is 0. The zero-order valence-corrected chi connectivity index (χ0v) is 13.0. The maximum Gasteiger partial charge on any atom is 0.360 e. The molecule has 0 aliphatic carbocycles. The van der Waals surface area contributed by atoms with Gasteiger partial charge in [0.25, 0.3) is 6.01 Å². The third kappa shape index (κ3) is 5.61. The van der Waals surface area contributed by atoms with Crippen molar-refractivity contribution in [1.82, 2.24) is 9.88 Å². The van der Waals surface area contributed by atoms with Gasteiger partial charge in [0.15, 0.2) is 5.69 Å². The van der Waals surface area contributed by atoms with Gasteiger partial charge in [-0.1, -0.05) is 13.8 Å². The third-order valence-corrected chi connectivity index (χ3v) is 2.66. The number of hydrogen-bond donors (Lipinski definition) is 1. The van der Waals surface area contributed by atoms with Crippen molar-refractivity contribution < 1.29 is 13.9 Å². The van der Waals surface area contributed by atoms with Crippen molar-refractivity contribution in [3.05, 3.63) is 12.0 Å². The van der Waals surface area contributed by atoms with Crippen LogP contribution in [0.3, 0.4) is 0 Å². The lowest BCUT2D eigenvalue weighted by Gasteiger charge is -2.23. The van der Waals surface area contributed by atoms with Crippen molar-refractivity contribution in [2.75, 3.05) is 32.6 Å². The van der Waals surface area contributed by atoms with Crippen LogP contribution in [-0.4, -0.2) is 49.1 Å². The van der Waals surface area contributed by atoms with Crippen molar-refractivity contribution in [2.24, 2.45) is 5.92 Å². The fourth-order valence-electron chi connectivity index (χ4n) is 2.00. The van der Waals surface area contributed by atoms with Gasteiger partial charge < -0.3 is 19.4 Å².